The number of nitrogens with one attached hydrogen (secondary N) is 1. The molecule has 1 N–H and O–H groups in total. The molecule has 4 nitrogen and oxygen atoms in total. The van der Waals surface area contributed by atoms with Gasteiger partial charge in [-0.25, -0.2) is 5.10 Å². The summed E-state index contributed by atoms with van der Waals surface area (Å²) in [5.74, 6) is 0.804. The Labute approximate surface area is 150 Å². The van der Waals surface area contributed by atoms with Gasteiger partial charge in [-0.2, -0.15) is 0 Å². The van der Waals surface area contributed by atoms with Gasteiger partial charge in [-0.15, -0.1) is 5.10 Å². The number of hydrogen-bond donors (Lipinski definition) is 1. The third-order valence-corrected chi connectivity index (χ3v) is 5.29. The van der Waals surface area contributed by atoms with Gasteiger partial charge in [0.15, 0.2) is 5.82 Å². The van der Waals surface area contributed by atoms with Gasteiger partial charge in [-0.05, 0) is 73.5 Å². The van der Waals surface area contributed by atoms with E-state index < -0.39 is 0 Å². The first-order valence-electron chi connectivity index (χ1n) is 8.37. The molecule has 4 bridgehead atoms. The van der Waals surface area contributed by atoms with E-state index in [2.05, 4.69) is 57.9 Å². The van der Waals surface area contributed by atoms with Crippen molar-refractivity contribution in [2.45, 2.75) is 19.8 Å². The first kappa shape index (κ1) is 14.6. The molecule has 0 aliphatic heterocycles. The van der Waals surface area contributed by atoms with Gasteiger partial charge in [0, 0.05) is 11.4 Å². The average Bonchev–Trinajstić information content (AvgIpc) is 3.29. The summed E-state index contributed by atoms with van der Waals surface area (Å²) >= 11 is 6.08. The van der Waals surface area contributed by atoms with Crippen LogP contribution in [0.3, 0.4) is 0 Å². The molecule has 0 saturated carbocycles. The molecule has 5 heteroatoms. The van der Waals surface area contributed by atoms with Crippen LogP contribution in [-0.2, 0) is 6.42 Å². The number of aromatic amines is 1. The topological polar surface area (TPSA) is 54.5 Å². The highest BCUT2D eigenvalue weighted by atomic mass is 35.5. The van der Waals surface area contributed by atoms with Crippen molar-refractivity contribution >= 4 is 28.3 Å². The Morgan fingerprint density at radius 2 is 1.72 bits per heavy atom. The normalized spacial score (nSPS) is 14.8. The summed E-state index contributed by atoms with van der Waals surface area (Å²) in [5, 5.41) is 15.1. The fourth-order valence-corrected chi connectivity index (χ4v) is 4.23. The lowest BCUT2D eigenvalue weighted by atomic mass is 9.86. The van der Waals surface area contributed by atoms with E-state index in [0.717, 1.165) is 23.7 Å². The zero-order valence-corrected chi connectivity index (χ0v) is 14.4. The maximum absolute atomic E-state index is 6.08. The molecule has 1 aromatic heterocycles. The molecule has 3 aromatic rings. The number of nitrogens with zero attached hydrogens (tertiary/aromatic N) is 3. The molecule has 0 saturated heterocycles. The highest BCUT2D eigenvalue weighted by Gasteiger charge is 2.37. The Kier molecular flexibility index (Phi) is 3.15. The summed E-state index contributed by atoms with van der Waals surface area (Å²) in [6.07, 6.45) is 1.72. The Morgan fingerprint density at radius 1 is 0.960 bits per heavy atom. The maximum Gasteiger partial charge on any atom is 0.152 e. The monoisotopic (exact) mass is 346 g/mol. The minimum absolute atomic E-state index is 0.734. The predicted molar refractivity (Wildman–Crippen MR) is 98.9 cm³/mol. The van der Waals surface area contributed by atoms with Crippen LogP contribution in [0.4, 0.5) is 0 Å². The molecule has 122 valence electrons. The maximum atomic E-state index is 6.08. The van der Waals surface area contributed by atoms with E-state index in [1.807, 2.05) is 12.1 Å². The van der Waals surface area contributed by atoms with Crippen LogP contribution in [-0.4, -0.2) is 20.6 Å². The summed E-state index contributed by atoms with van der Waals surface area (Å²) < 4.78 is 0. The van der Waals surface area contributed by atoms with Gasteiger partial charge in [0.2, 0.25) is 0 Å². The third-order valence-electron chi connectivity index (χ3n) is 5.04. The highest BCUT2D eigenvalue weighted by Crippen LogP contribution is 2.56. The fourth-order valence-electron chi connectivity index (χ4n) is 4.10. The quantitative estimate of drug-likeness (QED) is 0.754. The van der Waals surface area contributed by atoms with Crippen molar-refractivity contribution in [2.75, 3.05) is 0 Å². The highest BCUT2D eigenvalue weighted by molar-refractivity contribution is 6.30. The van der Waals surface area contributed by atoms with Crippen LogP contribution < -0.4 is 0 Å². The van der Waals surface area contributed by atoms with Crippen LogP contribution in [0.15, 0.2) is 48.0 Å². The Bertz CT molecular complexity index is 1040. The number of H-pyrrole nitrogens is 1. The molecule has 1 heterocycles. The molecule has 25 heavy (non-hydrogen) atoms. The number of benzene rings is 2. The lowest BCUT2D eigenvalue weighted by molar-refractivity contribution is 0.881. The molecule has 2 aliphatic rings. The molecule has 0 spiro atoms. The van der Waals surface area contributed by atoms with Crippen LogP contribution >= 0.6 is 11.6 Å². The molecule has 0 atom stereocenters. The summed E-state index contributed by atoms with van der Waals surface area (Å²) in [6, 6.07) is 14.7. The zero-order chi connectivity index (χ0) is 17.0. The Morgan fingerprint density at radius 3 is 2.40 bits per heavy atom. The van der Waals surface area contributed by atoms with Crippen molar-refractivity contribution in [1.29, 1.82) is 0 Å². The molecular weight excluding hydrogens is 332 g/mol. The van der Waals surface area contributed by atoms with E-state index in [0.29, 0.717) is 0 Å². The second kappa shape index (κ2) is 5.39. The SMILES string of the molecule is CCC1=C(Cc2nnn[nH]2)c2c3cccc2C(c2ccc(Cl)cc2)=C13. The van der Waals surface area contributed by atoms with Crippen LogP contribution in [0.5, 0.6) is 0 Å². The summed E-state index contributed by atoms with van der Waals surface area (Å²) in [4.78, 5) is 0. The fraction of sp³-hybridized carbons (Fsp3) is 0.150. The van der Waals surface area contributed by atoms with Gasteiger partial charge in [0.25, 0.3) is 0 Å². The zero-order valence-electron chi connectivity index (χ0n) is 13.7. The smallest absolute Gasteiger partial charge is 0.152 e. The second-order valence-corrected chi connectivity index (χ2v) is 6.76. The summed E-state index contributed by atoms with van der Waals surface area (Å²) in [5.41, 5.74) is 10.6. The van der Waals surface area contributed by atoms with Gasteiger partial charge in [0.1, 0.15) is 0 Å². The first-order chi connectivity index (χ1) is 12.3. The van der Waals surface area contributed by atoms with E-state index in [1.165, 1.54) is 44.5 Å². The second-order valence-electron chi connectivity index (χ2n) is 6.32. The van der Waals surface area contributed by atoms with E-state index in [4.69, 9.17) is 11.6 Å². The lowest BCUT2D eigenvalue weighted by Crippen LogP contribution is -2.01. The number of tetrazole rings is 1. The Balaban J connectivity index is 1.73. The first-order valence-corrected chi connectivity index (χ1v) is 8.75. The predicted octanol–water partition coefficient (Wildman–Crippen LogP) is 4.55. The minimum Gasteiger partial charge on any atom is -0.243 e. The minimum atomic E-state index is 0.734. The lowest BCUT2D eigenvalue weighted by Gasteiger charge is -2.18. The average molecular weight is 347 g/mol. The number of hydrogen-bond acceptors (Lipinski definition) is 3. The van der Waals surface area contributed by atoms with Crippen molar-refractivity contribution in [3.63, 3.8) is 0 Å². The van der Waals surface area contributed by atoms with Crippen molar-refractivity contribution in [3.8, 4) is 0 Å². The van der Waals surface area contributed by atoms with Gasteiger partial charge in [0.05, 0.1) is 0 Å². The van der Waals surface area contributed by atoms with Gasteiger partial charge in [-0.3, -0.25) is 0 Å². The van der Waals surface area contributed by atoms with E-state index in [9.17, 15) is 0 Å². The van der Waals surface area contributed by atoms with Crippen LogP contribution in [0.1, 0.15) is 41.4 Å². The molecule has 2 aliphatic carbocycles. The van der Waals surface area contributed by atoms with Crippen molar-refractivity contribution in [2.24, 2.45) is 0 Å². The third kappa shape index (κ3) is 2.04. The molecule has 0 amide bonds. The number of allylic oxidation sites excluding steroid dienone is 3. The van der Waals surface area contributed by atoms with Gasteiger partial charge < -0.3 is 0 Å². The van der Waals surface area contributed by atoms with Crippen molar-refractivity contribution in [1.82, 2.24) is 20.6 Å². The van der Waals surface area contributed by atoms with E-state index in [-0.39, 0.29) is 0 Å². The number of rotatable bonds is 4. The van der Waals surface area contributed by atoms with Crippen molar-refractivity contribution < 1.29 is 0 Å². The Hall–Kier alpha value is -2.72. The van der Waals surface area contributed by atoms with E-state index in [1.54, 1.807) is 0 Å². The van der Waals surface area contributed by atoms with Crippen LogP contribution in [0.2, 0.25) is 5.02 Å². The van der Waals surface area contributed by atoms with Gasteiger partial charge >= 0.3 is 0 Å². The summed E-state index contributed by atoms with van der Waals surface area (Å²) in [6.45, 7) is 2.21. The van der Waals surface area contributed by atoms with Crippen LogP contribution in [0, 0.1) is 0 Å². The largest absolute Gasteiger partial charge is 0.243 e. The molecular formula is C20H15ClN4. The molecule has 5 rings (SSSR count). The molecule has 2 aromatic carbocycles. The van der Waals surface area contributed by atoms with Gasteiger partial charge in [-0.1, -0.05) is 48.9 Å². The number of halogens is 1. The van der Waals surface area contributed by atoms with Crippen LogP contribution in [0.25, 0.3) is 16.7 Å². The van der Waals surface area contributed by atoms with E-state index >= 15 is 0 Å². The summed E-state index contributed by atoms with van der Waals surface area (Å²) in [7, 11) is 0. The number of aromatic nitrogens is 4. The van der Waals surface area contributed by atoms with Crippen molar-refractivity contribution in [3.05, 3.63) is 81.1 Å². The standard InChI is InChI=1S/C20H15ClN4/c1-2-13-16(10-17-22-24-25-23-17)19-14-4-3-5-15(19)20(13)18(14)11-6-8-12(21)9-7-11/h3-9H,2,10H2,1H3,(H,22,23,24,25). The molecule has 0 unspecified atom stereocenters. The molecule has 0 radical (unpaired) electrons. The molecule has 0 fully saturated rings.